The number of pyridine rings is 1. The van der Waals surface area contributed by atoms with Gasteiger partial charge in [-0.15, -0.1) is 0 Å². The molecule has 27 heavy (non-hydrogen) atoms. The minimum atomic E-state index is 0.102. The third-order valence-electron chi connectivity index (χ3n) is 5.51. The van der Waals surface area contributed by atoms with Gasteiger partial charge in [-0.05, 0) is 24.6 Å². The van der Waals surface area contributed by atoms with Gasteiger partial charge in [0, 0.05) is 44.0 Å². The fourth-order valence-electron chi connectivity index (χ4n) is 4.10. The molecular formula is C22H27N3O2. The molecule has 1 aromatic carbocycles. The summed E-state index contributed by atoms with van der Waals surface area (Å²) in [7, 11) is 0. The van der Waals surface area contributed by atoms with Crippen LogP contribution in [0, 0.1) is 6.92 Å². The number of nitrogens with zero attached hydrogens (tertiary/aromatic N) is 3. The van der Waals surface area contributed by atoms with Crippen LogP contribution in [0.25, 0.3) is 0 Å². The number of amides is 1. The molecule has 2 saturated heterocycles. The van der Waals surface area contributed by atoms with Crippen LogP contribution in [0.15, 0.2) is 48.5 Å². The Morgan fingerprint density at radius 1 is 1.11 bits per heavy atom. The molecule has 2 aromatic rings. The molecule has 2 aliphatic heterocycles. The molecule has 0 spiro atoms. The minimum Gasteiger partial charge on any atom is -0.374 e. The van der Waals surface area contributed by atoms with Crippen molar-refractivity contribution < 1.29 is 9.53 Å². The lowest BCUT2D eigenvalue weighted by atomic mass is 10.1. The van der Waals surface area contributed by atoms with Gasteiger partial charge in [0.05, 0.1) is 25.2 Å². The fourth-order valence-corrected chi connectivity index (χ4v) is 4.10. The molecule has 5 nitrogen and oxygen atoms in total. The standard InChI is InChI=1S/C22H27N3O2/c1-17-6-5-9-19(23-17)10-12-24-15-20-21(16-24)27-13-11-22(26)25(20)14-18-7-3-2-4-8-18/h2-9,20-21H,10-16H2,1H3/t20-,21-/m0/s1. The van der Waals surface area contributed by atoms with E-state index in [2.05, 4.69) is 34.1 Å². The number of carbonyl (C=O) groups excluding carboxylic acids is 1. The molecule has 0 saturated carbocycles. The number of hydrogen-bond donors (Lipinski definition) is 0. The van der Waals surface area contributed by atoms with Crippen molar-refractivity contribution >= 4 is 5.91 Å². The molecule has 0 aliphatic carbocycles. The average molecular weight is 365 g/mol. The zero-order chi connectivity index (χ0) is 18.6. The Hall–Kier alpha value is -2.24. The molecule has 4 rings (SSSR count). The summed E-state index contributed by atoms with van der Waals surface area (Å²) in [6, 6.07) is 16.6. The van der Waals surface area contributed by atoms with Crippen molar-refractivity contribution in [2.45, 2.75) is 38.5 Å². The third kappa shape index (κ3) is 4.37. The summed E-state index contributed by atoms with van der Waals surface area (Å²) in [5.74, 6) is 0.202. The van der Waals surface area contributed by atoms with Crippen molar-refractivity contribution in [1.29, 1.82) is 0 Å². The predicted octanol–water partition coefficient (Wildman–Crippen LogP) is 2.43. The van der Waals surface area contributed by atoms with Crippen LogP contribution in [-0.4, -0.2) is 59.1 Å². The highest BCUT2D eigenvalue weighted by atomic mass is 16.5. The highest BCUT2D eigenvalue weighted by Crippen LogP contribution is 2.25. The molecular weight excluding hydrogens is 338 g/mol. The topological polar surface area (TPSA) is 45.7 Å². The zero-order valence-electron chi connectivity index (χ0n) is 15.9. The van der Waals surface area contributed by atoms with Crippen molar-refractivity contribution in [2.75, 3.05) is 26.2 Å². The Morgan fingerprint density at radius 2 is 1.96 bits per heavy atom. The van der Waals surface area contributed by atoms with E-state index in [9.17, 15) is 4.79 Å². The van der Waals surface area contributed by atoms with Gasteiger partial charge in [-0.3, -0.25) is 14.7 Å². The molecule has 0 N–H and O–H groups in total. The lowest BCUT2D eigenvalue weighted by molar-refractivity contribution is -0.133. The van der Waals surface area contributed by atoms with Gasteiger partial charge in [-0.1, -0.05) is 36.4 Å². The monoisotopic (exact) mass is 365 g/mol. The Balaban J connectivity index is 1.43. The van der Waals surface area contributed by atoms with Crippen molar-refractivity contribution in [1.82, 2.24) is 14.8 Å². The normalized spacial score (nSPS) is 23.3. The molecule has 3 heterocycles. The minimum absolute atomic E-state index is 0.102. The maximum Gasteiger partial charge on any atom is 0.225 e. The lowest BCUT2D eigenvalue weighted by Crippen LogP contribution is -2.45. The van der Waals surface area contributed by atoms with Crippen LogP contribution in [0.1, 0.15) is 23.4 Å². The van der Waals surface area contributed by atoms with Gasteiger partial charge in [0.1, 0.15) is 0 Å². The first-order chi connectivity index (χ1) is 13.2. The summed E-state index contributed by atoms with van der Waals surface area (Å²) in [6.07, 6.45) is 1.51. The van der Waals surface area contributed by atoms with E-state index in [4.69, 9.17) is 4.74 Å². The molecule has 5 heteroatoms. The van der Waals surface area contributed by atoms with E-state index in [1.54, 1.807) is 0 Å². The number of hydrogen-bond acceptors (Lipinski definition) is 4. The molecule has 142 valence electrons. The smallest absolute Gasteiger partial charge is 0.225 e. The lowest BCUT2D eigenvalue weighted by Gasteiger charge is -2.30. The summed E-state index contributed by atoms with van der Waals surface area (Å²) in [6.45, 7) is 5.92. The van der Waals surface area contributed by atoms with Crippen LogP contribution in [0.3, 0.4) is 0 Å². The maximum absolute atomic E-state index is 12.7. The number of rotatable bonds is 5. The Morgan fingerprint density at radius 3 is 2.78 bits per heavy atom. The Labute approximate surface area is 161 Å². The van der Waals surface area contributed by atoms with Crippen LogP contribution < -0.4 is 0 Å². The SMILES string of the molecule is Cc1cccc(CCN2C[C@@H]3OCCC(=O)N(Cc4ccccc4)[C@H]3C2)n1. The van der Waals surface area contributed by atoms with Gasteiger partial charge >= 0.3 is 0 Å². The largest absolute Gasteiger partial charge is 0.374 e. The van der Waals surface area contributed by atoms with Crippen molar-refractivity contribution in [3.63, 3.8) is 0 Å². The summed E-state index contributed by atoms with van der Waals surface area (Å²) in [5, 5.41) is 0. The van der Waals surface area contributed by atoms with Crippen LogP contribution in [0.2, 0.25) is 0 Å². The molecule has 2 atom stereocenters. The highest BCUT2D eigenvalue weighted by Gasteiger charge is 2.41. The van der Waals surface area contributed by atoms with E-state index in [0.717, 1.165) is 37.4 Å². The second kappa shape index (κ2) is 8.19. The predicted molar refractivity (Wildman–Crippen MR) is 104 cm³/mol. The van der Waals surface area contributed by atoms with Gasteiger partial charge in [0.25, 0.3) is 0 Å². The van der Waals surface area contributed by atoms with Gasteiger partial charge in [0.15, 0.2) is 0 Å². The molecule has 0 bridgehead atoms. The van der Waals surface area contributed by atoms with Crippen LogP contribution in [-0.2, 0) is 22.5 Å². The number of ether oxygens (including phenoxy) is 1. The molecule has 0 unspecified atom stereocenters. The summed E-state index contributed by atoms with van der Waals surface area (Å²) < 4.78 is 6.05. The summed E-state index contributed by atoms with van der Waals surface area (Å²) >= 11 is 0. The van der Waals surface area contributed by atoms with Gasteiger partial charge in [0.2, 0.25) is 5.91 Å². The zero-order valence-corrected chi connectivity index (χ0v) is 15.9. The van der Waals surface area contributed by atoms with E-state index >= 15 is 0 Å². The molecule has 2 aliphatic rings. The number of fused-ring (bicyclic) bond motifs is 1. The van der Waals surface area contributed by atoms with Crippen molar-refractivity contribution in [3.05, 3.63) is 65.5 Å². The first-order valence-corrected chi connectivity index (χ1v) is 9.79. The first kappa shape index (κ1) is 18.1. The van der Waals surface area contributed by atoms with E-state index in [0.29, 0.717) is 19.6 Å². The Kier molecular flexibility index (Phi) is 5.50. The number of aromatic nitrogens is 1. The maximum atomic E-state index is 12.7. The Bertz CT molecular complexity index is 780. The van der Waals surface area contributed by atoms with E-state index in [-0.39, 0.29) is 18.1 Å². The molecule has 2 fully saturated rings. The van der Waals surface area contributed by atoms with Gasteiger partial charge in [-0.25, -0.2) is 0 Å². The number of likely N-dealkylation sites (tertiary alicyclic amines) is 1. The van der Waals surface area contributed by atoms with Gasteiger partial charge < -0.3 is 9.64 Å². The van der Waals surface area contributed by atoms with E-state index in [1.807, 2.05) is 36.1 Å². The quantitative estimate of drug-likeness (QED) is 0.816. The second-order valence-corrected chi connectivity index (χ2v) is 7.51. The molecule has 1 amide bonds. The van der Waals surface area contributed by atoms with Crippen molar-refractivity contribution in [2.24, 2.45) is 0 Å². The van der Waals surface area contributed by atoms with Crippen LogP contribution in [0.4, 0.5) is 0 Å². The number of aryl methyl sites for hydroxylation is 1. The van der Waals surface area contributed by atoms with E-state index < -0.39 is 0 Å². The van der Waals surface area contributed by atoms with Crippen LogP contribution in [0.5, 0.6) is 0 Å². The first-order valence-electron chi connectivity index (χ1n) is 9.79. The van der Waals surface area contributed by atoms with Crippen LogP contribution >= 0.6 is 0 Å². The highest BCUT2D eigenvalue weighted by molar-refractivity contribution is 5.77. The summed E-state index contributed by atoms with van der Waals surface area (Å²) in [4.78, 5) is 21.8. The van der Waals surface area contributed by atoms with E-state index in [1.165, 1.54) is 5.56 Å². The average Bonchev–Trinajstić information content (AvgIpc) is 3.02. The number of benzene rings is 1. The number of carbonyl (C=O) groups is 1. The van der Waals surface area contributed by atoms with Crippen molar-refractivity contribution in [3.8, 4) is 0 Å². The molecule has 0 radical (unpaired) electrons. The second-order valence-electron chi connectivity index (χ2n) is 7.51. The molecule has 1 aromatic heterocycles. The fraction of sp³-hybridized carbons (Fsp3) is 0.455. The van der Waals surface area contributed by atoms with Gasteiger partial charge in [-0.2, -0.15) is 0 Å². The summed E-state index contributed by atoms with van der Waals surface area (Å²) in [5.41, 5.74) is 3.36. The third-order valence-corrected chi connectivity index (χ3v) is 5.51.